The quantitative estimate of drug-likeness (QED) is 0.701. The van der Waals surface area contributed by atoms with Gasteiger partial charge in [0.1, 0.15) is 12.0 Å². The van der Waals surface area contributed by atoms with Gasteiger partial charge in [0.05, 0.1) is 11.9 Å². The lowest BCUT2D eigenvalue weighted by atomic mass is 9.92. The van der Waals surface area contributed by atoms with Crippen molar-refractivity contribution in [2.75, 3.05) is 5.75 Å². The van der Waals surface area contributed by atoms with E-state index >= 15 is 0 Å². The zero-order valence-corrected chi connectivity index (χ0v) is 8.85. The van der Waals surface area contributed by atoms with Gasteiger partial charge in [-0.2, -0.15) is 0 Å². The molecule has 0 unspecified atom stereocenters. The zero-order chi connectivity index (χ0) is 9.90. The first kappa shape index (κ1) is 10.3. The van der Waals surface area contributed by atoms with E-state index in [0.29, 0.717) is 11.0 Å². The second kappa shape index (κ2) is 3.96. The molecule has 1 rings (SSSR count). The number of carbonyl (C=O) groups is 1. The van der Waals surface area contributed by atoms with Gasteiger partial charge in [0.15, 0.2) is 0 Å². The van der Waals surface area contributed by atoms with Crippen molar-refractivity contribution in [3.63, 3.8) is 0 Å². The molecule has 4 heteroatoms. The minimum Gasteiger partial charge on any atom is -0.440 e. The Labute approximate surface area is 81.9 Å². The van der Waals surface area contributed by atoms with E-state index in [2.05, 4.69) is 4.98 Å². The molecule has 1 heterocycles. The molecule has 0 spiro atoms. The average Bonchev–Trinajstić information content (AvgIpc) is 2.50. The number of aromatic nitrogens is 1. The number of hydrogen-bond donors (Lipinski definition) is 0. The van der Waals surface area contributed by atoms with Crippen LogP contribution in [0.4, 0.5) is 0 Å². The van der Waals surface area contributed by atoms with Gasteiger partial charge in [0.25, 0.3) is 5.22 Å². The molecule has 0 aromatic carbocycles. The lowest BCUT2D eigenvalue weighted by Gasteiger charge is -2.14. The van der Waals surface area contributed by atoms with E-state index in [1.54, 1.807) is 6.20 Å². The molecule has 0 radical (unpaired) electrons. The number of ketones is 1. The monoisotopic (exact) mass is 199 g/mol. The van der Waals surface area contributed by atoms with Crippen molar-refractivity contribution in [2.24, 2.45) is 5.41 Å². The molecule has 0 amide bonds. The van der Waals surface area contributed by atoms with Crippen molar-refractivity contribution in [3.05, 3.63) is 12.5 Å². The maximum absolute atomic E-state index is 11.5. The van der Waals surface area contributed by atoms with Crippen LogP contribution >= 0.6 is 11.8 Å². The molecule has 72 valence electrons. The summed E-state index contributed by atoms with van der Waals surface area (Å²) in [6.07, 6.45) is 3.08. The molecular weight excluding hydrogens is 186 g/mol. The highest BCUT2D eigenvalue weighted by molar-refractivity contribution is 7.99. The van der Waals surface area contributed by atoms with Crippen LogP contribution < -0.4 is 0 Å². The van der Waals surface area contributed by atoms with Crippen LogP contribution in [0.3, 0.4) is 0 Å². The van der Waals surface area contributed by atoms with Crippen LogP contribution in [-0.2, 0) is 4.79 Å². The molecule has 0 aliphatic heterocycles. The molecule has 0 saturated carbocycles. The van der Waals surface area contributed by atoms with E-state index in [1.165, 1.54) is 18.0 Å². The molecule has 0 fully saturated rings. The number of Topliss-reactive ketones (excluding diaryl/α,β-unsaturated/α-hetero) is 1. The first-order chi connectivity index (χ1) is 6.00. The Morgan fingerprint density at radius 2 is 2.31 bits per heavy atom. The summed E-state index contributed by atoms with van der Waals surface area (Å²) in [5, 5.41) is 0.553. The van der Waals surface area contributed by atoms with Crippen LogP contribution in [-0.4, -0.2) is 16.5 Å². The Balaban J connectivity index is 2.40. The number of carbonyl (C=O) groups excluding carboxylic acids is 1. The fourth-order valence-corrected chi connectivity index (χ4v) is 1.57. The van der Waals surface area contributed by atoms with E-state index in [9.17, 15) is 4.79 Å². The average molecular weight is 199 g/mol. The SMILES string of the molecule is CC(C)(C)C(=O)CSc1ncco1. The molecule has 13 heavy (non-hydrogen) atoms. The lowest BCUT2D eigenvalue weighted by Crippen LogP contribution is -2.21. The van der Waals surface area contributed by atoms with Gasteiger partial charge < -0.3 is 4.42 Å². The Hall–Kier alpha value is -0.770. The molecule has 3 nitrogen and oxygen atoms in total. The topological polar surface area (TPSA) is 43.1 Å². The smallest absolute Gasteiger partial charge is 0.255 e. The van der Waals surface area contributed by atoms with Gasteiger partial charge in [-0.25, -0.2) is 4.98 Å². The van der Waals surface area contributed by atoms with Crippen LogP contribution in [0.5, 0.6) is 0 Å². The molecule has 0 saturated heterocycles. The van der Waals surface area contributed by atoms with Crippen molar-refractivity contribution in [1.82, 2.24) is 4.98 Å². The van der Waals surface area contributed by atoms with Gasteiger partial charge >= 0.3 is 0 Å². The summed E-state index contributed by atoms with van der Waals surface area (Å²) < 4.78 is 5.00. The van der Waals surface area contributed by atoms with Gasteiger partial charge in [0.2, 0.25) is 0 Å². The molecule has 0 bridgehead atoms. The maximum Gasteiger partial charge on any atom is 0.255 e. The lowest BCUT2D eigenvalue weighted by molar-refractivity contribution is -0.123. The Kier molecular flexibility index (Phi) is 3.14. The van der Waals surface area contributed by atoms with Crippen molar-refractivity contribution in [3.8, 4) is 0 Å². The summed E-state index contributed by atoms with van der Waals surface area (Å²) in [7, 11) is 0. The Bertz CT molecular complexity index is 274. The normalized spacial score (nSPS) is 11.6. The van der Waals surface area contributed by atoms with Crippen LogP contribution in [0.15, 0.2) is 22.1 Å². The maximum atomic E-state index is 11.5. The molecule has 0 atom stereocenters. The van der Waals surface area contributed by atoms with Gasteiger partial charge in [-0.3, -0.25) is 4.79 Å². The first-order valence-electron chi connectivity index (χ1n) is 4.06. The largest absolute Gasteiger partial charge is 0.440 e. The fourth-order valence-electron chi connectivity index (χ4n) is 0.625. The number of nitrogens with zero attached hydrogens (tertiary/aromatic N) is 1. The van der Waals surface area contributed by atoms with E-state index < -0.39 is 0 Å². The molecular formula is C9H13NO2S. The van der Waals surface area contributed by atoms with E-state index in [4.69, 9.17) is 4.42 Å². The third kappa shape index (κ3) is 3.22. The summed E-state index contributed by atoms with van der Waals surface area (Å²) in [5.74, 6) is 0.625. The predicted molar refractivity (Wildman–Crippen MR) is 51.7 cm³/mol. The molecule has 1 aromatic heterocycles. The summed E-state index contributed by atoms with van der Waals surface area (Å²) >= 11 is 1.33. The van der Waals surface area contributed by atoms with Crippen LogP contribution in [0.2, 0.25) is 0 Å². The van der Waals surface area contributed by atoms with Crippen LogP contribution in [0.1, 0.15) is 20.8 Å². The molecule has 0 N–H and O–H groups in total. The van der Waals surface area contributed by atoms with Gasteiger partial charge in [-0.1, -0.05) is 32.5 Å². The minimum atomic E-state index is -0.278. The van der Waals surface area contributed by atoms with E-state index in [0.717, 1.165) is 0 Å². The third-order valence-corrected chi connectivity index (χ3v) is 2.43. The molecule has 0 aliphatic rings. The molecule has 0 aliphatic carbocycles. The van der Waals surface area contributed by atoms with Crippen molar-refractivity contribution in [2.45, 2.75) is 26.0 Å². The minimum absolute atomic E-state index is 0.204. The van der Waals surface area contributed by atoms with Crippen LogP contribution in [0, 0.1) is 5.41 Å². The fraction of sp³-hybridized carbons (Fsp3) is 0.556. The number of hydrogen-bond acceptors (Lipinski definition) is 4. The highest BCUT2D eigenvalue weighted by atomic mass is 32.2. The van der Waals surface area contributed by atoms with Gasteiger partial charge in [0, 0.05) is 5.41 Å². The Morgan fingerprint density at radius 1 is 1.62 bits per heavy atom. The zero-order valence-electron chi connectivity index (χ0n) is 8.03. The van der Waals surface area contributed by atoms with Crippen molar-refractivity contribution in [1.29, 1.82) is 0 Å². The first-order valence-corrected chi connectivity index (χ1v) is 5.04. The highest BCUT2D eigenvalue weighted by Crippen LogP contribution is 2.21. The van der Waals surface area contributed by atoms with Crippen molar-refractivity contribution < 1.29 is 9.21 Å². The number of oxazole rings is 1. The highest BCUT2D eigenvalue weighted by Gasteiger charge is 2.21. The third-order valence-electron chi connectivity index (χ3n) is 1.57. The number of thioether (sulfide) groups is 1. The van der Waals surface area contributed by atoms with Crippen LogP contribution in [0.25, 0.3) is 0 Å². The second-order valence-corrected chi connectivity index (χ2v) is 4.69. The Morgan fingerprint density at radius 3 is 2.77 bits per heavy atom. The van der Waals surface area contributed by atoms with Gasteiger partial charge in [-0.05, 0) is 0 Å². The molecule has 1 aromatic rings. The summed E-state index contributed by atoms with van der Waals surface area (Å²) in [6.45, 7) is 5.72. The summed E-state index contributed by atoms with van der Waals surface area (Å²) in [5.41, 5.74) is -0.278. The summed E-state index contributed by atoms with van der Waals surface area (Å²) in [4.78, 5) is 15.4. The summed E-state index contributed by atoms with van der Waals surface area (Å²) in [6, 6.07) is 0. The van der Waals surface area contributed by atoms with Gasteiger partial charge in [-0.15, -0.1) is 0 Å². The predicted octanol–water partition coefficient (Wildman–Crippen LogP) is 2.38. The second-order valence-electron chi connectivity index (χ2n) is 3.76. The van der Waals surface area contributed by atoms with E-state index in [-0.39, 0.29) is 11.2 Å². The van der Waals surface area contributed by atoms with E-state index in [1.807, 2.05) is 20.8 Å². The number of rotatable bonds is 3. The van der Waals surface area contributed by atoms with Crippen molar-refractivity contribution >= 4 is 17.5 Å². The standard InChI is InChI=1S/C9H13NO2S/c1-9(2,3)7(11)6-13-8-10-4-5-12-8/h4-5H,6H2,1-3H3.